The molecule has 25 heavy (non-hydrogen) atoms. The van der Waals surface area contributed by atoms with Crippen LogP contribution in [0.1, 0.15) is 24.0 Å². The molecule has 0 spiro atoms. The number of fused-ring (bicyclic) bond motifs is 1. The number of phenols is 1. The van der Waals surface area contributed by atoms with Crippen molar-refractivity contribution in [2.75, 3.05) is 18.0 Å². The fourth-order valence-corrected chi connectivity index (χ4v) is 4.86. The molecular weight excluding hydrogens is 358 g/mol. The molecular formula is C17H17N3O3S2. The van der Waals surface area contributed by atoms with Crippen molar-refractivity contribution in [3.05, 3.63) is 39.7 Å². The number of rotatable bonds is 4. The maximum Gasteiger partial charge on any atom is 0.336 e. The van der Waals surface area contributed by atoms with Gasteiger partial charge in [-0.15, -0.1) is 10.2 Å². The fraction of sp³-hybridized carbons (Fsp3) is 0.353. The van der Waals surface area contributed by atoms with Gasteiger partial charge in [-0.2, -0.15) is 0 Å². The lowest BCUT2D eigenvalue weighted by molar-refractivity contribution is 0.468. The topological polar surface area (TPSA) is 79.5 Å². The SMILES string of the molecule is Cc1c(O)ccc2c(CSc3nnc(N4CCCC4)s3)cc(=O)oc12. The van der Waals surface area contributed by atoms with Crippen LogP contribution < -0.4 is 10.5 Å². The smallest absolute Gasteiger partial charge is 0.336 e. The average Bonchev–Trinajstić information content (AvgIpc) is 3.27. The van der Waals surface area contributed by atoms with Gasteiger partial charge in [0, 0.05) is 35.9 Å². The van der Waals surface area contributed by atoms with Gasteiger partial charge in [-0.1, -0.05) is 23.1 Å². The first-order valence-corrected chi connectivity index (χ1v) is 9.88. The third-order valence-electron chi connectivity index (χ3n) is 4.34. The molecule has 1 aromatic carbocycles. The maximum absolute atomic E-state index is 11.9. The van der Waals surface area contributed by atoms with Gasteiger partial charge < -0.3 is 14.4 Å². The first-order chi connectivity index (χ1) is 12.1. The van der Waals surface area contributed by atoms with Crippen molar-refractivity contribution in [3.63, 3.8) is 0 Å². The second-order valence-electron chi connectivity index (χ2n) is 6.01. The summed E-state index contributed by atoms with van der Waals surface area (Å²) >= 11 is 3.15. The van der Waals surface area contributed by atoms with Crippen molar-refractivity contribution < 1.29 is 9.52 Å². The predicted molar refractivity (Wildman–Crippen MR) is 99.8 cm³/mol. The molecule has 1 fully saturated rings. The third kappa shape index (κ3) is 3.23. The number of aryl methyl sites for hydroxylation is 1. The van der Waals surface area contributed by atoms with Crippen LogP contribution in [-0.4, -0.2) is 28.4 Å². The van der Waals surface area contributed by atoms with Gasteiger partial charge in [0.2, 0.25) is 5.13 Å². The van der Waals surface area contributed by atoms with E-state index >= 15 is 0 Å². The number of aromatic hydroxyl groups is 1. The molecule has 0 unspecified atom stereocenters. The van der Waals surface area contributed by atoms with Gasteiger partial charge in [0.05, 0.1) is 0 Å². The van der Waals surface area contributed by atoms with Crippen LogP contribution in [0.2, 0.25) is 0 Å². The number of phenolic OH excluding ortho intramolecular Hbond substituents is 1. The second-order valence-corrected chi connectivity index (χ2v) is 8.19. The molecule has 4 rings (SSSR count). The summed E-state index contributed by atoms with van der Waals surface area (Å²) in [4.78, 5) is 14.1. The van der Waals surface area contributed by atoms with Crippen molar-refractivity contribution in [3.8, 4) is 5.75 Å². The van der Waals surface area contributed by atoms with Crippen LogP contribution in [0.15, 0.2) is 31.8 Å². The summed E-state index contributed by atoms with van der Waals surface area (Å²) in [5.41, 5.74) is 1.48. The molecule has 1 saturated heterocycles. The van der Waals surface area contributed by atoms with E-state index < -0.39 is 5.63 Å². The molecule has 0 radical (unpaired) electrons. The zero-order valence-corrected chi connectivity index (χ0v) is 15.3. The van der Waals surface area contributed by atoms with E-state index in [4.69, 9.17) is 4.42 Å². The molecule has 2 aromatic heterocycles. The number of aromatic nitrogens is 2. The van der Waals surface area contributed by atoms with Gasteiger partial charge in [0.15, 0.2) is 4.34 Å². The summed E-state index contributed by atoms with van der Waals surface area (Å²) < 4.78 is 6.17. The van der Waals surface area contributed by atoms with Crippen molar-refractivity contribution in [2.24, 2.45) is 0 Å². The second kappa shape index (κ2) is 6.68. The van der Waals surface area contributed by atoms with Crippen molar-refractivity contribution in [2.45, 2.75) is 29.9 Å². The molecule has 3 aromatic rings. The van der Waals surface area contributed by atoms with E-state index in [0.717, 1.165) is 33.5 Å². The Labute approximate surface area is 152 Å². The van der Waals surface area contributed by atoms with Gasteiger partial charge in [0.25, 0.3) is 0 Å². The number of benzene rings is 1. The van der Waals surface area contributed by atoms with Crippen LogP contribution in [0.4, 0.5) is 5.13 Å². The first-order valence-electron chi connectivity index (χ1n) is 8.08. The molecule has 8 heteroatoms. The Balaban J connectivity index is 1.59. The van der Waals surface area contributed by atoms with E-state index in [1.54, 1.807) is 42.2 Å². The molecule has 1 aliphatic rings. The standard InChI is InChI=1S/C17H17N3O3S2/c1-10-13(21)5-4-12-11(8-14(22)23-15(10)12)9-24-17-19-18-16(25-17)20-6-2-3-7-20/h4-5,8,21H,2-3,6-7,9H2,1H3. The summed E-state index contributed by atoms with van der Waals surface area (Å²) in [7, 11) is 0. The summed E-state index contributed by atoms with van der Waals surface area (Å²) in [5.74, 6) is 0.723. The monoisotopic (exact) mass is 375 g/mol. The highest BCUT2D eigenvalue weighted by Crippen LogP contribution is 2.34. The number of hydrogen-bond acceptors (Lipinski definition) is 8. The molecule has 0 aliphatic carbocycles. The number of hydrogen-bond donors (Lipinski definition) is 1. The number of anilines is 1. The van der Waals surface area contributed by atoms with E-state index in [1.165, 1.54) is 18.9 Å². The minimum Gasteiger partial charge on any atom is -0.508 e. The highest BCUT2D eigenvalue weighted by atomic mass is 32.2. The Morgan fingerprint density at radius 2 is 2.12 bits per heavy atom. The minimum atomic E-state index is -0.410. The van der Waals surface area contributed by atoms with Gasteiger partial charge in [-0.3, -0.25) is 0 Å². The molecule has 0 amide bonds. The van der Waals surface area contributed by atoms with Crippen LogP contribution in [0.5, 0.6) is 5.75 Å². The first kappa shape index (κ1) is 16.4. The Bertz CT molecular complexity index is 977. The molecule has 1 N–H and O–H groups in total. The number of nitrogens with zero attached hydrogens (tertiary/aromatic N) is 3. The lowest BCUT2D eigenvalue weighted by Crippen LogP contribution is -2.17. The van der Waals surface area contributed by atoms with Crippen LogP contribution in [-0.2, 0) is 5.75 Å². The summed E-state index contributed by atoms with van der Waals surface area (Å²) in [6.45, 7) is 3.84. The highest BCUT2D eigenvalue weighted by Gasteiger charge is 2.17. The Morgan fingerprint density at radius 3 is 2.92 bits per heavy atom. The van der Waals surface area contributed by atoms with Crippen molar-refractivity contribution in [1.82, 2.24) is 10.2 Å². The lowest BCUT2D eigenvalue weighted by Gasteiger charge is -2.10. The molecule has 0 atom stereocenters. The quantitative estimate of drug-likeness (QED) is 0.552. The van der Waals surface area contributed by atoms with Gasteiger partial charge in [-0.25, -0.2) is 4.79 Å². The Morgan fingerprint density at radius 1 is 1.32 bits per heavy atom. The van der Waals surface area contributed by atoms with E-state index in [0.29, 0.717) is 16.9 Å². The average molecular weight is 375 g/mol. The predicted octanol–water partition coefficient (Wildman–Crippen LogP) is 3.55. The van der Waals surface area contributed by atoms with Crippen molar-refractivity contribution >= 4 is 39.2 Å². The summed E-state index contributed by atoms with van der Waals surface area (Å²) in [6, 6.07) is 4.92. The van der Waals surface area contributed by atoms with E-state index in [-0.39, 0.29) is 5.75 Å². The molecule has 0 bridgehead atoms. The van der Waals surface area contributed by atoms with E-state index in [2.05, 4.69) is 15.1 Å². The van der Waals surface area contributed by atoms with E-state index in [9.17, 15) is 9.90 Å². The summed E-state index contributed by atoms with van der Waals surface area (Å²) in [5, 5.41) is 20.2. The highest BCUT2D eigenvalue weighted by molar-refractivity contribution is 8.00. The molecule has 3 heterocycles. The summed E-state index contributed by atoms with van der Waals surface area (Å²) in [6.07, 6.45) is 2.42. The zero-order chi connectivity index (χ0) is 17.4. The third-order valence-corrected chi connectivity index (χ3v) is 6.51. The Hall–Kier alpha value is -2.06. The molecule has 130 valence electrons. The minimum absolute atomic E-state index is 0.125. The van der Waals surface area contributed by atoms with Gasteiger partial charge >= 0.3 is 5.63 Å². The Kier molecular flexibility index (Phi) is 4.39. The van der Waals surface area contributed by atoms with Gasteiger partial charge in [-0.05, 0) is 37.5 Å². The van der Waals surface area contributed by atoms with Crippen LogP contribution in [0.3, 0.4) is 0 Å². The van der Waals surface area contributed by atoms with Crippen LogP contribution in [0, 0.1) is 6.92 Å². The lowest BCUT2D eigenvalue weighted by atomic mass is 10.1. The molecule has 1 aliphatic heterocycles. The molecule has 0 saturated carbocycles. The normalized spacial score (nSPS) is 14.5. The largest absolute Gasteiger partial charge is 0.508 e. The van der Waals surface area contributed by atoms with Crippen molar-refractivity contribution in [1.29, 1.82) is 0 Å². The van der Waals surface area contributed by atoms with E-state index in [1.807, 2.05) is 0 Å². The number of thioether (sulfide) groups is 1. The maximum atomic E-state index is 11.9. The zero-order valence-electron chi connectivity index (χ0n) is 13.7. The fourth-order valence-electron chi connectivity index (χ4n) is 2.97. The molecule has 6 nitrogen and oxygen atoms in total. The van der Waals surface area contributed by atoms with Crippen LogP contribution in [0.25, 0.3) is 11.0 Å². The van der Waals surface area contributed by atoms with Crippen LogP contribution >= 0.6 is 23.1 Å². The van der Waals surface area contributed by atoms with Gasteiger partial charge in [0.1, 0.15) is 11.3 Å².